The molecule has 2 heterocycles. The lowest BCUT2D eigenvalue weighted by Crippen LogP contribution is -2.34. The number of rotatable bonds is 10. The van der Waals surface area contributed by atoms with Crippen molar-refractivity contribution in [3.05, 3.63) is 0 Å². The molecule has 0 aliphatic carbocycles. The standard InChI is InChI=1S/C17H32N4O2/c22-16(18-7-5-13-20-9-1-2-10-20)15-17(23)19-8-6-14-21-11-3-4-12-21/h1-15H2,(H,18,22)(H,19,23). The molecule has 0 aromatic rings. The first-order chi connectivity index (χ1) is 11.2. The number of nitrogens with zero attached hydrogens (tertiary/aromatic N) is 2. The Kier molecular flexibility index (Phi) is 8.39. The van der Waals surface area contributed by atoms with E-state index in [1.54, 1.807) is 0 Å². The van der Waals surface area contributed by atoms with Crippen LogP contribution in [0.3, 0.4) is 0 Å². The average molecular weight is 324 g/mol. The molecule has 0 atom stereocenters. The van der Waals surface area contributed by atoms with E-state index in [1.165, 1.54) is 51.9 Å². The van der Waals surface area contributed by atoms with E-state index in [4.69, 9.17) is 0 Å². The van der Waals surface area contributed by atoms with Crippen LogP contribution in [0, 0.1) is 0 Å². The van der Waals surface area contributed by atoms with E-state index >= 15 is 0 Å². The van der Waals surface area contributed by atoms with Gasteiger partial charge in [-0.3, -0.25) is 9.59 Å². The highest BCUT2D eigenvalue weighted by atomic mass is 16.2. The molecule has 0 spiro atoms. The number of hydrogen-bond donors (Lipinski definition) is 2. The van der Waals surface area contributed by atoms with E-state index in [1.807, 2.05) is 0 Å². The monoisotopic (exact) mass is 324 g/mol. The molecule has 2 aliphatic rings. The van der Waals surface area contributed by atoms with Gasteiger partial charge >= 0.3 is 0 Å². The Labute approximate surface area is 140 Å². The molecule has 132 valence electrons. The normalized spacial score (nSPS) is 19.1. The van der Waals surface area contributed by atoms with Crippen molar-refractivity contribution in [3.63, 3.8) is 0 Å². The van der Waals surface area contributed by atoms with E-state index in [0.717, 1.165) is 25.9 Å². The van der Waals surface area contributed by atoms with E-state index in [9.17, 15) is 9.59 Å². The van der Waals surface area contributed by atoms with Crippen LogP contribution >= 0.6 is 0 Å². The van der Waals surface area contributed by atoms with Crippen molar-refractivity contribution >= 4 is 11.8 Å². The topological polar surface area (TPSA) is 64.7 Å². The lowest BCUT2D eigenvalue weighted by molar-refractivity contribution is -0.129. The summed E-state index contributed by atoms with van der Waals surface area (Å²) in [6, 6.07) is 0. The summed E-state index contributed by atoms with van der Waals surface area (Å²) in [6.07, 6.45) is 7.06. The molecule has 2 fully saturated rings. The highest BCUT2D eigenvalue weighted by molar-refractivity contribution is 5.96. The number of amides is 2. The van der Waals surface area contributed by atoms with Gasteiger partial charge in [-0.1, -0.05) is 0 Å². The highest BCUT2D eigenvalue weighted by Gasteiger charge is 2.13. The summed E-state index contributed by atoms with van der Waals surface area (Å²) in [5.41, 5.74) is 0. The molecule has 0 saturated carbocycles. The Bertz CT molecular complexity index is 330. The van der Waals surface area contributed by atoms with E-state index in [2.05, 4.69) is 20.4 Å². The molecule has 2 rings (SSSR count). The summed E-state index contributed by atoms with van der Waals surface area (Å²) in [5, 5.41) is 5.68. The van der Waals surface area contributed by atoms with Gasteiger partial charge in [0.05, 0.1) is 0 Å². The number of carbonyl (C=O) groups is 2. The van der Waals surface area contributed by atoms with E-state index in [-0.39, 0.29) is 18.2 Å². The first-order valence-corrected chi connectivity index (χ1v) is 9.22. The second kappa shape index (κ2) is 10.6. The summed E-state index contributed by atoms with van der Waals surface area (Å²) in [4.78, 5) is 28.3. The summed E-state index contributed by atoms with van der Waals surface area (Å²) in [7, 11) is 0. The number of likely N-dealkylation sites (tertiary alicyclic amines) is 2. The predicted octanol–water partition coefficient (Wildman–Crippen LogP) is 0.581. The Balaban J connectivity index is 1.41. The Morgan fingerprint density at radius 3 is 1.48 bits per heavy atom. The lowest BCUT2D eigenvalue weighted by Gasteiger charge is -2.15. The van der Waals surface area contributed by atoms with Crippen LogP contribution in [-0.4, -0.2) is 74.0 Å². The lowest BCUT2D eigenvalue weighted by atomic mass is 10.3. The average Bonchev–Trinajstić information content (AvgIpc) is 3.21. The zero-order chi connectivity index (χ0) is 16.3. The van der Waals surface area contributed by atoms with Crippen molar-refractivity contribution in [1.29, 1.82) is 0 Å². The van der Waals surface area contributed by atoms with E-state index in [0.29, 0.717) is 13.1 Å². The maximum absolute atomic E-state index is 11.7. The Morgan fingerprint density at radius 2 is 1.09 bits per heavy atom. The Morgan fingerprint density at radius 1 is 0.696 bits per heavy atom. The molecule has 2 N–H and O–H groups in total. The minimum atomic E-state index is -0.163. The van der Waals surface area contributed by atoms with Crippen molar-refractivity contribution < 1.29 is 9.59 Å². The third-order valence-corrected chi connectivity index (χ3v) is 4.67. The fourth-order valence-corrected chi connectivity index (χ4v) is 3.34. The molecule has 2 saturated heterocycles. The largest absolute Gasteiger partial charge is 0.356 e. The van der Waals surface area contributed by atoms with Gasteiger partial charge in [-0.15, -0.1) is 0 Å². The summed E-state index contributed by atoms with van der Waals surface area (Å²) in [5.74, 6) is -0.327. The molecule has 0 aromatic carbocycles. The minimum Gasteiger partial charge on any atom is -0.356 e. The van der Waals surface area contributed by atoms with Crippen LogP contribution in [0.15, 0.2) is 0 Å². The van der Waals surface area contributed by atoms with Crippen LogP contribution in [-0.2, 0) is 9.59 Å². The molecular weight excluding hydrogens is 292 g/mol. The maximum atomic E-state index is 11.7. The first-order valence-electron chi connectivity index (χ1n) is 9.22. The fourth-order valence-electron chi connectivity index (χ4n) is 3.34. The second-order valence-electron chi connectivity index (χ2n) is 6.68. The van der Waals surface area contributed by atoms with Gasteiger partial charge in [-0.25, -0.2) is 0 Å². The van der Waals surface area contributed by atoms with Crippen LogP contribution in [0.1, 0.15) is 44.9 Å². The van der Waals surface area contributed by atoms with Gasteiger partial charge in [0.1, 0.15) is 6.42 Å². The van der Waals surface area contributed by atoms with Crippen LogP contribution in [0.2, 0.25) is 0 Å². The molecule has 0 bridgehead atoms. The molecule has 0 unspecified atom stereocenters. The maximum Gasteiger partial charge on any atom is 0.229 e. The summed E-state index contributed by atoms with van der Waals surface area (Å²) in [6.45, 7) is 8.17. The van der Waals surface area contributed by atoms with Gasteiger partial charge in [0.2, 0.25) is 11.8 Å². The van der Waals surface area contributed by atoms with Gasteiger partial charge in [-0.05, 0) is 77.8 Å². The quantitative estimate of drug-likeness (QED) is 0.456. The van der Waals surface area contributed by atoms with Crippen molar-refractivity contribution in [3.8, 4) is 0 Å². The molecule has 2 aliphatic heterocycles. The van der Waals surface area contributed by atoms with Crippen molar-refractivity contribution in [1.82, 2.24) is 20.4 Å². The molecule has 0 aromatic heterocycles. The van der Waals surface area contributed by atoms with Crippen LogP contribution in [0.25, 0.3) is 0 Å². The van der Waals surface area contributed by atoms with Crippen molar-refractivity contribution in [2.75, 3.05) is 52.4 Å². The third-order valence-electron chi connectivity index (χ3n) is 4.67. The molecule has 23 heavy (non-hydrogen) atoms. The van der Waals surface area contributed by atoms with E-state index < -0.39 is 0 Å². The number of carbonyl (C=O) groups excluding carboxylic acids is 2. The molecule has 6 nitrogen and oxygen atoms in total. The first kappa shape index (κ1) is 18.2. The van der Waals surface area contributed by atoms with Crippen molar-refractivity contribution in [2.24, 2.45) is 0 Å². The Hall–Kier alpha value is -1.14. The molecule has 6 heteroatoms. The fraction of sp³-hybridized carbons (Fsp3) is 0.882. The number of nitrogens with one attached hydrogen (secondary N) is 2. The second-order valence-corrected chi connectivity index (χ2v) is 6.68. The molecular formula is C17H32N4O2. The van der Waals surface area contributed by atoms with Gasteiger partial charge in [0, 0.05) is 13.1 Å². The summed E-state index contributed by atoms with van der Waals surface area (Å²) < 4.78 is 0. The van der Waals surface area contributed by atoms with Crippen LogP contribution in [0.5, 0.6) is 0 Å². The molecule has 2 amide bonds. The molecule has 0 radical (unpaired) electrons. The zero-order valence-electron chi connectivity index (χ0n) is 14.3. The van der Waals surface area contributed by atoms with Crippen molar-refractivity contribution in [2.45, 2.75) is 44.9 Å². The predicted molar refractivity (Wildman–Crippen MR) is 91.2 cm³/mol. The van der Waals surface area contributed by atoms with Gasteiger partial charge in [0.15, 0.2) is 0 Å². The number of hydrogen-bond acceptors (Lipinski definition) is 4. The smallest absolute Gasteiger partial charge is 0.229 e. The van der Waals surface area contributed by atoms with Gasteiger partial charge < -0.3 is 20.4 Å². The van der Waals surface area contributed by atoms with Gasteiger partial charge in [0.25, 0.3) is 0 Å². The van der Waals surface area contributed by atoms with Gasteiger partial charge in [-0.2, -0.15) is 0 Å². The van der Waals surface area contributed by atoms with Crippen LogP contribution in [0.4, 0.5) is 0 Å². The van der Waals surface area contributed by atoms with Crippen LogP contribution < -0.4 is 10.6 Å². The highest BCUT2D eigenvalue weighted by Crippen LogP contribution is 2.07. The third kappa shape index (κ3) is 7.79. The zero-order valence-corrected chi connectivity index (χ0v) is 14.3. The SMILES string of the molecule is O=C(CC(=O)NCCCN1CCCC1)NCCCN1CCCC1. The minimum absolute atomic E-state index is 0.0482. The summed E-state index contributed by atoms with van der Waals surface area (Å²) >= 11 is 0.